The predicted molar refractivity (Wildman–Crippen MR) is 46.6 cm³/mol. The van der Waals surface area contributed by atoms with Gasteiger partial charge in [0.15, 0.2) is 0 Å². The summed E-state index contributed by atoms with van der Waals surface area (Å²) >= 11 is 5.75. The quantitative estimate of drug-likeness (QED) is 0.397. The van der Waals surface area contributed by atoms with Gasteiger partial charge in [-0.2, -0.15) is 0 Å². The molecule has 0 spiro atoms. The summed E-state index contributed by atoms with van der Waals surface area (Å²) in [6, 6.07) is 0.702. The summed E-state index contributed by atoms with van der Waals surface area (Å²) in [6.45, 7) is 6.95. The van der Waals surface area contributed by atoms with E-state index in [1.807, 2.05) is 0 Å². The molecule has 0 radical (unpaired) electrons. The van der Waals surface area contributed by atoms with Crippen molar-refractivity contribution in [1.29, 1.82) is 0 Å². The largest absolute Gasteiger partial charge is 1.00 e. The van der Waals surface area contributed by atoms with Crippen molar-refractivity contribution in [3.05, 3.63) is 0 Å². The third-order valence-electron chi connectivity index (χ3n) is 2.27. The number of alkyl halides is 1. The van der Waals surface area contributed by atoms with Crippen LogP contribution in [0, 0.1) is 5.92 Å². The van der Waals surface area contributed by atoms with Crippen LogP contribution in [0.2, 0.25) is 0 Å². The minimum absolute atomic E-state index is 0. The molecule has 0 bridgehead atoms. The molecule has 62 valence electrons. The Bertz CT molecular complexity index is 113. The molecule has 1 fully saturated rings. The predicted octanol–water partition coefficient (Wildman–Crippen LogP) is -0.928. The van der Waals surface area contributed by atoms with Crippen molar-refractivity contribution in [1.82, 2.24) is 4.90 Å². The van der Waals surface area contributed by atoms with Gasteiger partial charge in [0.05, 0.1) is 0 Å². The molecule has 1 heterocycles. The molecule has 0 amide bonds. The number of likely N-dealkylation sites (tertiary alicyclic amines) is 1. The van der Waals surface area contributed by atoms with E-state index >= 15 is 0 Å². The van der Waals surface area contributed by atoms with Crippen LogP contribution in [0.1, 0.15) is 21.7 Å². The number of halogens is 1. The van der Waals surface area contributed by atoms with E-state index in [-0.39, 0.29) is 31.0 Å². The molecule has 3 heteroatoms. The molecule has 0 saturated carbocycles. The Hall–Kier alpha value is 1.25. The van der Waals surface area contributed by atoms with Gasteiger partial charge in [0.2, 0.25) is 0 Å². The topological polar surface area (TPSA) is 3.24 Å². The molecule has 1 aliphatic heterocycles. The van der Waals surface area contributed by atoms with Crippen molar-refractivity contribution < 1.29 is 31.0 Å². The second kappa shape index (κ2) is 5.82. The molecule has 0 aliphatic carbocycles. The smallest absolute Gasteiger partial charge is 1.00 e. The fraction of sp³-hybridized carbons (Fsp3) is 1.00. The number of hydrogen-bond donors (Lipinski definition) is 0. The van der Waals surface area contributed by atoms with Gasteiger partial charge >= 0.3 is 29.6 Å². The minimum Gasteiger partial charge on any atom is -1.00 e. The summed E-state index contributed by atoms with van der Waals surface area (Å²) in [5, 5.41) is 0. The van der Waals surface area contributed by atoms with Gasteiger partial charge in [0.1, 0.15) is 0 Å². The Morgan fingerprint density at radius 3 is 2.55 bits per heavy atom. The molecular weight excluding hydrogens is 169 g/mol. The molecule has 0 N–H and O–H groups in total. The second-order valence-electron chi connectivity index (χ2n) is 3.40. The van der Waals surface area contributed by atoms with Crippen LogP contribution in [-0.2, 0) is 0 Å². The van der Waals surface area contributed by atoms with Crippen LogP contribution >= 0.6 is 11.6 Å². The number of rotatable bonds is 2. The SMILES string of the molecule is CC(C)N1CCC(CCl)C1.[H-].[Na+]. The summed E-state index contributed by atoms with van der Waals surface area (Å²) in [5.41, 5.74) is 0. The van der Waals surface area contributed by atoms with Crippen LogP contribution < -0.4 is 29.6 Å². The maximum absolute atomic E-state index is 5.75. The van der Waals surface area contributed by atoms with E-state index in [0.717, 1.165) is 11.8 Å². The zero-order valence-corrected chi connectivity index (χ0v) is 10.6. The van der Waals surface area contributed by atoms with Crippen LogP contribution in [0.15, 0.2) is 0 Å². The first-order chi connectivity index (χ1) is 4.74. The van der Waals surface area contributed by atoms with Crippen LogP contribution in [0.5, 0.6) is 0 Å². The molecule has 1 unspecified atom stereocenters. The Morgan fingerprint density at radius 2 is 2.27 bits per heavy atom. The van der Waals surface area contributed by atoms with Gasteiger partial charge in [-0.1, -0.05) is 0 Å². The molecule has 1 saturated heterocycles. The normalized spacial score (nSPS) is 25.6. The van der Waals surface area contributed by atoms with Crippen molar-refractivity contribution in [2.24, 2.45) is 5.92 Å². The Morgan fingerprint density at radius 1 is 1.64 bits per heavy atom. The molecule has 1 rings (SSSR count). The average Bonchev–Trinajstić information content (AvgIpc) is 2.34. The maximum atomic E-state index is 5.75. The van der Waals surface area contributed by atoms with Gasteiger partial charge in [-0.05, 0) is 32.7 Å². The van der Waals surface area contributed by atoms with Crippen molar-refractivity contribution in [2.45, 2.75) is 26.3 Å². The number of hydrogen-bond acceptors (Lipinski definition) is 1. The molecule has 0 aromatic carbocycles. The van der Waals surface area contributed by atoms with Gasteiger partial charge in [0, 0.05) is 18.5 Å². The van der Waals surface area contributed by atoms with Crippen LogP contribution in [0.3, 0.4) is 0 Å². The zero-order valence-electron chi connectivity index (χ0n) is 8.81. The first-order valence-corrected chi connectivity index (χ1v) is 4.57. The molecule has 1 atom stereocenters. The first-order valence-electron chi connectivity index (χ1n) is 4.04. The Labute approximate surface area is 98.2 Å². The fourth-order valence-corrected chi connectivity index (χ4v) is 1.71. The van der Waals surface area contributed by atoms with Crippen LogP contribution in [0.25, 0.3) is 0 Å². The monoisotopic (exact) mass is 185 g/mol. The van der Waals surface area contributed by atoms with E-state index in [0.29, 0.717) is 6.04 Å². The molecule has 0 aromatic rings. The Kier molecular flexibility index (Phi) is 6.48. The van der Waals surface area contributed by atoms with Crippen molar-refractivity contribution in [3.8, 4) is 0 Å². The minimum atomic E-state index is 0. The third kappa shape index (κ3) is 3.65. The van der Waals surface area contributed by atoms with Crippen molar-refractivity contribution in [2.75, 3.05) is 19.0 Å². The summed E-state index contributed by atoms with van der Waals surface area (Å²) in [4.78, 5) is 2.49. The number of nitrogens with zero attached hydrogens (tertiary/aromatic N) is 1. The summed E-state index contributed by atoms with van der Waals surface area (Å²) in [5.74, 6) is 1.59. The fourth-order valence-electron chi connectivity index (χ4n) is 1.46. The summed E-state index contributed by atoms with van der Waals surface area (Å²) in [7, 11) is 0. The molecule has 1 aliphatic rings. The van der Waals surface area contributed by atoms with Gasteiger partial charge in [-0.25, -0.2) is 0 Å². The van der Waals surface area contributed by atoms with Crippen molar-refractivity contribution in [3.63, 3.8) is 0 Å². The standard InChI is InChI=1S/C8H16ClN.Na.H/c1-7(2)10-4-3-8(5-9)6-10;;/h7-8H,3-6H2,1-2H3;;/q;+1;-1. The van der Waals surface area contributed by atoms with Gasteiger partial charge < -0.3 is 6.33 Å². The third-order valence-corrected chi connectivity index (χ3v) is 2.70. The first kappa shape index (κ1) is 12.2. The molecular formula is C8H17ClNNa. The summed E-state index contributed by atoms with van der Waals surface area (Å²) < 4.78 is 0. The van der Waals surface area contributed by atoms with E-state index < -0.39 is 0 Å². The van der Waals surface area contributed by atoms with E-state index in [4.69, 9.17) is 11.6 Å². The van der Waals surface area contributed by atoms with E-state index in [9.17, 15) is 0 Å². The maximum Gasteiger partial charge on any atom is 1.00 e. The van der Waals surface area contributed by atoms with Crippen LogP contribution in [-0.4, -0.2) is 29.9 Å². The zero-order chi connectivity index (χ0) is 7.56. The molecule has 0 aromatic heterocycles. The van der Waals surface area contributed by atoms with Crippen molar-refractivity contribution >= 4 is 11.6 Å². The van der Waals surface area contributed by atoms with Gasteiger partial charge in [-0.3, -0.25) is 0 Å². The average molecular weight is 186 g/mol. The van der Waals surface area contributed by atoms with Gasteiger partial charge in [0.25, 0.3) is 0 Å². The Balaban J connectivity index is 0. The van der Waals surface area contributed by atoms with E-state index in [2.05, 4.69) is 18.7 Å². The van der Waals surface area contributed by atoms with E-state index in [1.54, 1.807) is 0 Å². The molecule has 1 nitrogen and oxygen atoms in total. The molecule has 11 heavy (non-hydrogen) atoms. The van der Waals surface area contributed by atoms with E-state index in [1.165, 1.54) is 19.5 Å². The van der Waals surface area contributed by atoms with Crippen LogP contribution in [0.4, 0.5) is 0 Å². The summed E-state index contributed by atoms with van der Waals surface area (Å²) in [6.07, 6.45) is 1.29. The second-order valence-corrected chi connectivity index (χ2v) is 3.71. The van der Waals surface area contributed by atoms with Gasteiger partial charge in [-0.15, -0.1) is 11.6 Å².